The number of likely N-dealkylation sites (N-methyl/N-ethyl adjacent to an activating group) is 2. The van der Waals surface area contributed by atoms with E-state index in [1.54, 1.807) is 0 Å². The largest absolute Gasteiger partial charge is 0.387 e. The molecule has 2 atom stereocenters. The van der Waals surface area contributed by atoms with Crippen molar-refractivity contribution in [1.82, 2.24) is 14.8 Å². The Labute approximate surface area is 112 Å². The van der Waals surface area contributed by atoms with E-state index in [0.29, 0.717) is 6.04 Å². The van der Waals surface area contributed by atoms with E-state index in [1.807, 2.05) is 11.3 Å². The third-order valence-corrected chi connectivity index (χ3v) is 5.31. The fourth-order valence-electron chi connectivity index (χ4n) is 2.83. The van der Waals surface area contributed by atoms with Gasteiger partial charge in [-0.3, -0.25) is 4.90 Å². The van der Waals surface area contributed by atoms with Gasteiger partial charge >= 0.3 is 0 Å². The highest BCUT2D eigenvalue weighted by atomic mass is 32.1. The van der Waals surface area contributed by atoms with E-state index < -0.39 is 0 Å². The van der Waals surface area contributed by atoms with Crippen molar-refractivity contribution in [2.75, 3.05) is 33.7 Å². The molecule has 1 aromatic heterocycles. The summed E-state index contributed by atoms with van der Waals surface area (Å²) in [5.41, 5.74) is 0.961. The van der Waals surface area contributed by atoms with Crippen molar-refractivity contribution in [2.45, 2.75) is 31.4 Å². The molecule has 100 valence electrons. The number of aliphatic hydroxyl groups is 1. The van der Waals surface area contributed by atoms with Gasteiger partial charge < -0.3 is 10.0 Å². The Bertz CT molecular complexity index is 434. The van der Waals surface area contributed by atoms with Gasteiger partial charge in [0.05, 0.1) is 17.8 Å². The maximum atomic E-state index is 10.0. The molecule has 0 spiro atoms. The predicted octanol–water partition coefficient (Wildman–Crippen LogP) is 1.43. The zero-order valence-corrected chi connectivity index (χ0v) is 11.9. The minimum Gasteiger partial charge on any atom is -0.387 e. The van der Waals surface area contributed by atoms with E-state index in [4.69, 9.17) is 4.98 Å². The molecule has 0 aromatic carbocycles. The lowest BCUT2D eigenvalue weighted by Crippen LogP contribution is -2.44. The molecule has 1 saturated heterocycles. The monoisotopic (exact) mass is 267 g/mol. The topological polar surface area (TPSA) is 39.6 Å². The highest BCUT2D eigenvalue weighted by Crippen LogP contribution is 2.36. The quantitative estimate of drug-likeness (QED) is 0.835. The van der Waals surface area contributed by atoms with Gasteiger partial charge in [-0.25, -0.2) is 4.98 Å². The summed E-state index contributed by atoms with van der Waals surface area (Å²) in [6.45, 7) is 3.26. The van der Waals surface area contributed by atoms with Gasteiger partial charge in [0.2, 0.25) is 0 Å². The normalized spacial score (nSPS) is 30.4. The van der Waals surface area contributed by atoms with Crippen molar-refractivity contribution in [3.63, 3.8) is 0 Å². The van der Waals surface area contributed by atoms with Crippen molar-refractivity contribution in [3.8, 4) is 0 Å². The first-order valence-corrected chi connectivity index (χ1v) is 7.53. The van der Waals surface area contributed by atoms with Crippen LogP contribution in [-0.2, 0) is 6.42 Å². The Morgan fingerprint density at radius 3 is 2.94 bits per heavy atom. The molecule has 0 bridgehead atoms. The fourth-order valence-corrected chi connectivity index (χ4v) is 4.15. The second-order valence-electron chi connectivity index (χ2n) is 5.53. The standard InChI is InChI=1S/C13H21N3OS/c1-15-6-7-16(2)9(8-15)13-14-12-10(17)4-3-5-11(12)18-13/h9-10,17H,3-8H2,1-2H3. The molecule has 1 fully saturated rings. The average molecular weight is 267 g/mol. The summed E-state index contributed by atoms with van der Waals surface area (Å²) >= 11 is 1.81. The van der Waals surface area contributed by atoms with Crippen LogP contribution in [0.15, 0.2) is 0 Å². The molecular weight excluding hydrogens is 246 g/mol. The van der Waals surface area contributed by atoms with Crippen LogP contribution in [0.4, 0.5) is 0 Å². The molecule has 0 radical (unpaired) electrons. The van der Waals surface area contributed by atoms with Crippen molar-refractivity contribution in [3.05, 3.63) is 15.6 Å². The molecule has 0 saturated carbocycles. The van der Waals surface area contributed by atoms with Crippen LogP contribution in [0, 0.1) is 0 Å². The Morgan fingerprint density at radius 1 is 1.33 bits per heavy atom. The van der Waals surface area contributed by atoms with E-state index in [1.165, 1.54) is 9.88 Å². The molecule has 3 rings (SSSR count). The Morgan fingerprint density at radius 2 is 2.17 bits per heavy atom. The van der Waals surface area contributed by atoms with Gasteiger partial charge in [-0.2, -0.15) is 0 Å². The Hall–Kier alpha value is -0.490. The number of hydrogen-bond acceptors (Lipinski definition) is 5. The number of aliphatic hydroxyl groups excluding tert-OH is 1. The van der Waals surface area contributed by atoms with Crippen LogP contribution in [0.3, 0.4) is 0 Å². The van der Waals surface area contributed by atoms with Gasteiger partial charge in [-0.05, 0) is 33.4 Å². The zero-order valence-electron chi connectivity index (χ0n) is 11.1. The molecule has 4 nitrogen and oxygen atoms in total. The van der Waals surface area contributed by atoms with Gasteiger partial charge in [-0.15, -0.1) is 11.3 Å². The van der Waals surface area contributed by atoms with E-state index in [9.17, 15) is 5.11 Å². The van der Waals surface area contributed by atoms with Crippen LogP contribution in [0.1, 0.15) is 40.6 Å². The van der Waals surface area contributed by atoms with Crippen LogP contribution in [-0.4, -0.2) is 53.6 Å². The number of nitrogens with zero attached hydrogens (tertiary/aromatic N) is 3. The number of fused-ring (bicyclic) bond motifs is 1. The first-order chi connectivity index (χ1) is 8.65. The highest BCUT2D eigenvalue weighted by Gasteiger charge is 2.30. The molecule has 2 heterocycles. The lowest BCUT2D eigenvalue weighted by Gasteiger charge is -2.36. The zero-order chi connectivity index (χ0) is 12.7. The molecule has 1 aliphatic carbocycles. The summed E-state index contributed by atoms with van der Waals surface area (Å²) in [5, 5.41) is 11.2. The van der Waals surface area contributed by atoms with Gasteiger partial charge in [0, 0.05) is 24.5 Å². The predicted molar refractivity (Wildman–Crippen MR) is 72.9 cm³/mol. The van der Waals surface area contributed by atoms with Crippen molar-refractivity contribution in [2.24, 2.45) is 0 Å². The van der Waals surface area contributed by atoms with Crippen LogP contribution >= 0.6 is 11.3 Å². The van der Waals surface area contributed by atoms with Crippen LogP contribution in [0.2, 0.25) is 0 Å². The minimum atomic E-state index is -0.328. The molecule has 5 heteroatoms. The summed E-state index contributed by atoms with van der Waals surface area (Å²) in [4.78, 5) is 10.8. The van der Waals surface area contributed by atoms with Crippen LogP contribution in [0.25, 0.3) is 0 Å². The Balaban J connectivity index is 1.87. The number of piperazine rings is 1. The summed E-state index contributed by atoms with van der Waals surface area (Å²) in [6.07, 6.45) is 2.73. The van der Waals surface area contributed by atoms with Gasteiger partial charge in [-0.1, -0.05) is 0 Å². The van der Waals surface area contributed by atoms with E-state index >= 15 is 0 Å². The summed E-state index contributed by atoms with van der Waals surface area (Å²) in [7, 11) is 4.34. The molecule has 1 aromatic rings. The summed E-state index contributed by atoms with van der Waals surface area (Å²) in [5.74, 6) is 0. The number of thiazole rings is 1. The summed E-state index contributed by atoms with van der Waals surface area (Å²) < 4.78 is 0. The van der Waals surface area contributed by atoms with Crippen LogP contribution < -0.4 is 0 Å². The van der Waals surface area contributed by atoms with E-state index in [2.05, 4.69) is 23.9 Å². The molecule has 1 aliphatic heterocycles. The second-order valence-corrected chi connectivity index (χ2v) is 6.64. The molecule has 0 amide bonds. The number of aromatic nitrogens is 1. The molecule has 2 unspecified atom stereocenters. The molecule has 18 heavy (non-hydrogen) atoms. The maximum Gasteiger partial charge on any atom is 0.112 e. The van der Waals surface area contributed by atoms with Crippen molar-refractivity contribution >= 4 is 11.3 Å². The van der Waals surface area contributed by atoms with Crippen LogP contribution in [0.5, 0.6) is 0 Å². The lowest BCUT2D eigenvalue weighted by atomic mass is 10.0. The third-order valence-electron chi connectivity index (χ3n) is 4.08. The fraction of sp³-hybridized carbons (Fsp3) is 0.769. The second kappa shape index (κ2) is 4.89. The molecule has 2 aliphatic rings. The number of hydrogen-bond donors (Lipinski definition) is 1. The lowest BCUT2D eigenvalue weighted by molar-refractivity contribution is 0.113. The van der Waals surface area contributed by atoms with E-state index in [-0.39, 0.29) is 6.10 Å². The van der Waals surface area contributed by atoms with Crippen molar-refractivity contribution < 1.29 is 5.11 Å². The maximum absolute atomic E-state index is 10.0. The van der Waals surface area contributed by atoms with Gasteiger partial charge in [0.1, 0.15) is 5.01 Å². The van der Waals surface area contributed by atoms with E-state index in [0.717, 1.165) is 44.6 Å². The minimum absolute atomic E-state index is 0.328. The smallest absolute Gasteiger partial charge is 0.112 e. The van der Waals surface area contributed by atoms with Crippen molar-refractivity contribution in [1.29, 1.82) is 0 Å². The first-order valence-electron chi connectivity index (χ1n) is 6.71. The SMILES string of the molecule is CN1CCN(C)C(c2nc3c(s2)CCCC3O)C1. The first kappa shape index (κ1) is 12.5. The van der Waals surface area contributed by atoms with Gasteiger partial charge in [0.25, 0.3) is 0 Å². The number of aryl methyl sites for hydroxylation is 1. The molecular formula is C13H21N3OS. The average Bonchev–Trinajstić information content (AvgIpc) is 2.77. The number of rotatable bonds is 1. The Kier molecular flexibility index (Phi) is 3.40. The molecule has 1 N–H and O–H groups in total. The van der Waals surface area contributed by atoms with Gasteiger partial charge in [0.15, 0.2) is 0 Å². The third kappa shape index (κ3) is 2.20. The highest BCUT2D eigenvalue weighted by molar-refractivity contribution is 7.11. The summed E-state index contributed by atoms with van der Waals surface area (Å²) in [6, 6.07) is 0.395.